The van der Waals surface area contributed by atoms with Crippen molar-refractivity contribution in [3.8, 4) is 11.3 Å². The van der Waals surface area contributed by atoms with Gasteiger partial charge in [0.05, 0.1) is 5.36 Å². The van der Waals surface area contributed by atoms with Crippen LogP contribution in [-0.2, 0) is 5.41 Å². The van der Waals surface area contributed by atoms with E-state index >= 15 is 0 Å². The smallest absolute Gasteiger partial charge is 0.243 e. The molecule has 32 heavy (non-hydrogen) atoms. The number of anilines is 1. The Bertz CT molecular complexity index is 1340. The van der Waals surface area contributed by atoms with Crippen LogP contribution in [-0.4, -0.2) is 9.97 Å². The van der Waals surface area contributed by atoms with Crippen LogP contribution in [0, 0.1) is 27.7 Å². The van der Waals surface area contributed by atoms with Gasteiger partial charge in [0.1, 0.15) is 11.3 Å². The van der Waals surface area contributed by atoms with Gasteiger partial charge in [-0.1, -0.05) is 51.1 Å². The fourth-order valence-electron chi connectivity index (χ4n) is 3.88. The predicted octanol–water partition coefficient (Wildman–Crippen LogP) is 6.35. The summed E-state index contributed by atoms with van der Waals surface area (Å²) < 4.78 is 6.37. The number of aryl methyl sites for hydroxylation is 4. The van der Waals surface area contributed by atoms with Crippen LogP contribution in [0.5, 0.6) is 0 Å². The maximum absolute atomic E-state index is 6.37. The van der Waals surface area contributed by atoms with Gasteiger partial charge in [-0.2, -0.15) is 5.10 Å². The molecular formula is C27H30N4O. The summed E-state index contributed by atoms with van der Waals surface area (Å²) in [5.41, 5.74) is 10.3. The largest absolute Gasteiger partial charge is 0.456 e. The van der Waals surface area contributed by atoms with E-state index in [4.69, 9.17) is 4.42 Å². The van der Waals surface area contributed by atoms with Crippen molar-refractivity contribution in [3.05, 3.63) is 82.0 Å². The molecule has 4 rings (SSSR count). The average Bonchev–Trinajstić information content (AvgIpc) is 2.71. The third-order valence-electron chi connectivity index (χ3n) is 5.47. The summed E-state index contributed by atoms with van der Waals surface area (Å²) in [6.07, 6.45) is 0. The Balaban J connectivity index is 1.87. The highest BCUT2D eigenvalue weighted by molar-refractivity contribution is 5.82. The van der Waals surface area contributed by atoms with Gasteiger partial charge in [-0.25, -0.2) is 15.4 Å². The summed E-state index contributed by atoms with van der Waals surface area (Å²) in [6, 6.07) is 16.7. The number of nitrogens with one attached hydrogen (secondary N) is 1. The van der Waals surface area contributed by atoms with Crippen molar-refractivity contribution in [1.29, 1.82) is 0 Å². The molecule has 0 spiro atoms. The number of hydrogen-bond donors (Lipinski definition) is 1. The molecule has 0 unspecified atom stereocenters. The minimum absolute atomic E-state index is 0.101. The van der Waals surface area contributed by atoms with E-state index in [2.05, 4.69) is 91.5 Å². The third-order valence-corrected chi connectivity index (χ3v) is 5.47. The van der Waals surface area contributed by atoms with Gasteiger partial charge in [-0.3, -0.25) is 0 Å². The maximum atomic E-state index is 6.37. The van der Waals surface area contributed by atoms with Gasteiger partial charge in [0.15, 0.2) is 0 Å². The molecule has 0 bridgehead atoms. The van der Waals surface area contributed by atoms with Crippen LogP contribution in [0.4, 0.5) is 5.95 Å². The number of aromatic nitrogens is 2. The van der Waals surface area contributed by atoms with Crippen LogP contribution in [0.2, 0.25) is 0 Å². The second-order valence-electron chi connectivity index (χ2n) is 9.48. The molecule has 2 aromatic carbocycles. The lowest BCUT2D eigenvalue weighted by Gasteiger charge is -2.19. The second kappa shape index (κ2) is 8.23. The van der Waals surface area contributed by atoms with Gasteiger partial charge < -0.3 is 4.42 Å². The van der Waals surface area contributed by atoms with Crippen molar-refractivity contribution in [2.45, 2.75) is 53.9 Å². The predicted molar refractivity (Wildman–Crippen MR) is 131 cm³/mol. The van der Waals surface area contributed by atoms with Crippen molar-refractivity contribution in [3.63, 3.8) is 0 Å². The van der Waals surface area contributed by atoms with E-state index in [9.17, 15) is 0 Å². The van der Waals surface area contributed by atoms with Crippen molar-refractivity contribution < 1.29 is 4.42 Å². The number of hydrogen-bond acceptors (Lipinski definition) is 5. The molecule has 5 heteroatoms. The summed E-state index contributed by atoms with van der Waals surface area (Å²) in [6.45, 7) is 14.7. The minimum Gasteiger partial charge on any atom is -0.456 e. The third kappa shape index (κ3) is 4.57. The molecule has 0 amide bonds. The lowest BCUT2D eigenvalue weighted by atomic mass is 9.86. The average molecular weight is 427 g/mol. The Hall–Kier alpha value is -3.47. The summed E-state index contributed by atoms with van der Waals surface area (Å²) >= 11 is 0. The van der Waals surface area contributed by atoms with Crippen LogP contribution in [0.25, 0.3) is 22.3 Å². The fourth-order valence-corrected chi connectivity index (χ4v) is 3.88. The zero-order chi connectivity index (χ0) is 23.0. The zero-order valence-electron chi connectivity index (χ0n) is 19.9. The standard InChI is InChI=1S/C27H30N4O/c1-16-12-17(2)25-22(13-16)23(30-31-26-28-18(3)14-19(4)29-26)15-24(32-25)20-8-10-21(11-9-20)27(5,6)7/h8-15H,1-7H3,(H,28,29,31)/b30-23+. The van der Waals surface area contributed by atoms with Crippen LogP contribution < -0.4 is 10.8 Å². The highest BCUT2D eigenvalue weighted by atomic mass is 16.3. The first-order valence-electron chi connectivity index (χ1n) is 10.9. The molecule has 0 saturated heterocycles. The fraction of sp³-hybridized carbons (Fsp3) is 0.296. The highest BCUT2D eigenvalue weighted by Gasteiger charge is 2.14. The molecule has 1 N–H and O–H groups in total. The summed E-state index contributed by atoms with van der Waals surface area (Å²) in [5, 5.41) is 6.42. The Morgan fingerprint density at radius 1 is 0.844 bits per heavy atom. The first-order chi connectivity index (χ1) is 15.1. The van der Waals surface area contributed by atoms with E-state index in [0.29, 0.717) is 5.95 Å². The van der Waals surface area contributed by atoms with Gasteiger partial charge in [-0.05, 0) is 61.9 Å². The van der Waals surface area contributed by atoms with E-state index in [0.717, 1.165) is 50.2 Å². The maximum Gasteiger partial charge on any atom is 0.243 e. The number of fused-ring (bicyclic) bond motifs is 1. The first-order valence-corrected chi connectivity index (χ1v) is 10.9. The number of benzene rings is 2. The first kappa shape index (κ1) is 21.8. The lowest BCUT2D eigenvalue weighted by molar-refractivity contribution is 0.589. The lowest BCUT2D eigenvalue weighted by Crippen LogP contribution is -2.11. The molecule has 4 aromatic rings. The molecule has 0 atom stereocenters. The Morgan fingerprint density at radius 2 is 1.50 bits per heavy atom. The highest BCUT2D eigenvalue weighted by Crippen LogP contribution is 2.28. The van der Waals surface area contributed by atoms with Crippen molar-refractivity contribution >= 4 is 16.9 Å². The quantitative estimate of drug-likeness (QED) is 0.388. The molecule has 2 aromatic heterocycles. The van der Waals surface area contributed by atoms with Crippen molar-refractivity contribution in [1.82, 2.24) is 9.97 Å². The van der Waals surface area contributed by atoms with Crippen LogP contribution in [0.3, 0.4) is 0 Å². The van der Waals surface area contributed by atoms with Gasteiger partial charge in [-0.15, -0.1) is 0 Å². The summed E-state index contributed by atoms with van der Waals surface area (Å²) in [5.74, 6) is 1.25. The summed E-state index contributed by atoms with van der Waals surface area (Å²) in [4.78, 5) is 8.88. The van der Waals surface area contributed by atoms with E-state index in [1.165, 1.54) is 5.56 Å². The van der Waals surface area contributed by atoms with Crippen LogP contribution in [0.1, 0.15) is 48.8 Å². The minimum atomic E-state index is 0.101. The normalized spacial score (nSPS) is 12.4. The topological polar surface area (TPSA) is 63.3 Å². The Morgan fingerprint density at radius 3 is 2.12 bits per heavy atom. The zero-order valence-corrected chi connectivity index (χ0v) is 19.9. The number of rotatable bonds is 3. The molecule has 5 nitrogen and oxygen atoms in total. The Kier molecular flexibility index (Phi) is 5.59. The van der Waals surface area contributed by atoms with E-state index in [1.54, 1.807) is 0 Å². The molecular weight excluding hydrogens is 396 g/mol. The van der Waals surface area contributed by atoms with Gasteiger partial charge in [0.25, 0.3) is 0 Å². The SMILES string of the molecule is Cc1cc(C)c2oc(-c3ccc(C(C)(C)C)cc3)c/c(=N\Nc3nc(C)cc(C)n3)c2c1. The van der Waals surface area contributed by atoms with Crippen LogP contribution >= 0.6 is 0 Å². The van der Waals surface area contributed by atoms with Crippen molar-refractivity contribution in [2.75, 3.05) is 5.43 Å². The van der Waals surface area contributed by atoms with Crippen molar-refractivity contribution in [2.24, 2.45) is 5.10 Å². The molecule has 0 aliphatic rings. The monoisotopic (exact) mass is 426 g/mol. The van der Waals surface area contributed by atoms with Gasteiger partial charge in [0.2, 0.25) is 5.95 Å². The van der Waals surface area contributed by atoms with Crippen LogP contribution in [0.15, 0.2) is 58.0 Å². The van der Waals surface area contributed by atoms with E-state index < -0.39 is 0 Å². The molecule has 0 fully saturated rings. The second-order valence-corrected chi connectivity index (χ2v) is 9.48. The molecule has 0 aliphatic carbocycles. The Labute approximate surface area is 189 Å². The molecule has 0 radical (unpaired) electrons. The summed E-state index contributed by atoms with van der Waals surface area (Å²) in [7, 11) is 0. The van der Waals surface area contributed by atoms with E-state index in [-0.39, 0.29) is 5.41 Å². The van der Waals surface area contributed by atoms with E-state index in [1.807, 2.05) is 26.0 Å². The molecule has 164 valence electrons. The molecule has 0 saturated carbocycles. The van der Waals surface area contributed by atoms with Gasteiger partial charge >= 0.3 is 0 Å². The molecule has 0 aliphatic heterocycles. The van der Waals surface area contributed by atoms with Gasteiger partial charge in [0, 0.05) is 28.4 Å². The number of nitrogens with zero attached hydrogens (tertiary/aromatic N) is 3. The molecule has 2 heterocycles.